The lowest BCUT2D eigenvalue weighted by molar-refractivity contribution is 0.0195. The molecule has 1 atom stereocenters. The molecule has 136 valence electrons. The normalized spacial score (nSPS) is 23.2. The Morgan fingerprint density at radius 3 is 2.65 bits per heavy atom. The average Bonchev–Trinajstić information content (AvgIpc) is 3.01. The Bertz CT molecular complexity index is 347. The van der Waals surface area contributed by atoms with Crippen molar-refractivity contribution >= 4 is 29.9 Å². The van der Waals surface area contributed by atoms with E-state index >= 15 is 0 Å². The number of halogens is 1. The van der Waals surface area contributed by atoms with Gasteiger partial charge in [-0.05, 0) is 40.4 Å². The molecule has 2 saturated heterocycles. The maximum Gasteiger partial charge on any atom is 0.193 e. The molecule has 23 heavy (non-hydrogen) atoms. The van der Waals surface area contributed by atoms with Gasteiger partial charge in [0.1, 0.15) is 0 Å². The molecule has 7 heteroatoms. The van der Waals surface area contributed by atoms with Crippen molar-refractivity contribution in [2.24, 2.45) is 4.99 Å². The lowest BCUT2D eigenvalue weighted by Crippen LogP contribution is -2.46. The third-order valence-corrected chi connectivity index (χ3v) is 4.38. The van der Waals surface area contributed by atoms with Gasteiger partial charge in [0, 0.05) is 45.3 Å². The number of aliphatic imine (C=N–C) groups is 1. The quantitative estimate of drug-likeness (QED) is 0.289. The van der Waals surface area contributed by atoms with Crippen molar-refractivity contribution < 1.29 is 4.74 Å². The van der Waals surface area contributed by atoms with Gasteiger partial charge in [0.15, 0.2) is 5.96 Å². The van der Waals surface area contributed by atoms with Gasteiger partial charge in [-0.15, -0.1) is 24.0 Å². The number of morpholine rings is 1. The largest absolute Gasteiger partial charge is 0.379 e. The zero-order valence-corrected chi connectivity index (χ0v) is 17.3. The van der Waals surface area contributed by atoms with Gasteiger partial charge < -0.3 is 19.9 Å². The minimum atomic E-state index is 0. The van der Waals surface area contributed by atoms with Crippen LogP contribution in [-0.2, 0) is 4.74 Å². The number of nitrogens with zero attached hydrogens (tertiary/aromatic N) is 4. The van der Waals surface area contributed by atoms with Crippen molar-refractivity contribution in [3.63, 3.8) is 0 Å². The van der Waals surface area contributed by atoms with Crippen molar-refractivity contribution in [2.45, 2.75) is 25.8 Å². The molecule has 2 rings (SSSR count). The molecule has 2 heterocycles. The zero-order chi connectivity index (χ0) is 15.8. The summed E-state index contributed by atoms with van der Waals surface area (Å²) < 4.78 is 5.46. The van der Waals surface area contributed by atoms with Crippen LogP contribution in [0.25, 0.3) is 0 Å². The topological polar surface area (TPSA) is 43.3 Å². The molecular formula is C16H34IN5O. The van der Waals surface area contributed by atoms with Gasteiger partial charge in [-0.1, -0.05) is 0 Å². The van der Waals surface area contributed by atoms with Crippen molar-refractivity contribution in [1.29, 1.82) is 0 Å². The fraction of sp³-hybridized carbons (Fsp3) is 0.938. The molecule has 0 bridgehead atoms. The van der Waals surface area contributed by atoms with Crippen LogP contribution in [0.15, 0.2) is 4.99 Å². The van der Waals surface area contributed by atoms with Crippen LogP contribution in [0.3, 0.4) is 0 Å². The zero-order valence-electron chi connectivity index (χ0n) is 15.0. The summed E-state index contributed by atoms with van der Waals surface area (Å²) in [6, 6.07) is 0.662. The monoisotopic (exact) mass is 439 g/mol. The number of likely N-dealkylation sites (tertiary alicyclic amines) is 1. The van der Waals surface area contributed by atoms with Crippen LogP contribution in [0.1, 0.15) is 19.8 Å². The summed E-state index contributed by atoms with van der Waals surface area (Å²) in [4.78, 5) is 12.0. The van der Waals surface area contributed by atoms with Gasteiger partial charge in [0.25, 0.3) is 0 Å². The van der Waals surface area contributed by atoms with E-state index in [9.17, 15) is 0 Å². The second-order valence-corrected chi connectivity index (χ2v) is 6.43. The van der Waals surface area contributed by atoms with Crippen LogP contribution in [0, 0.1) is 0 Å². The van der Waals surface area contributed by atoms with Crippen molar-refractivity contribution in [1.82, 2.24) is 20.0 Å². The molecule has 2 aliphatic heterocycles. The molecule has 0 aliphatic carbocycles. The van der Waals surface area contributed by atoms with Gasteiger partial charge >= 0.3 is 0 Å². The molecule has 0 spiro atoms. The smallest absolute Gasteiger partial charge is 0.193 e. The first-order valence-electron chi connectivity index (χ1n) is 8.70. The predicted molar refractivity (Wildman–Crippen MR) is 107 cm³/mol. The van der Waals surface area contributed by atoms with E-state index in [2.05, 4.69) is 41.0 Å². The Balaban J connectivity index is 0.00000264. The van der Waals surface area contributed by atoms with Gasteiger partial charge in [-0.25, -0.2) is 0 Å². The van der Waals surface area contributed by atoms with E-state index in [0.717, 1.165) is 71.4 Å². The molecule has 0 radical (unpaired) electrons. The third-order valence-electron chi connectivity index (χ3n) is 4.38. The van der Waals surface area contributed by atoms with Gasteiger partial charge in [-0.3, -0.25) is 9.89 Å². The molecular weight excluding hydrogens is 405 g/mol. The first kappa shape index (κ1) is 20.9. The maximum atomic E-state index is 5.46. The van der Waals surface area contributed by atoms with Crippen LogP contribution in [0.2, 0.25) is 0 Å². The molecule has 6 nitrogen and oxygen atoms in total. The van der Waals surface area contributed by atoms with Crippen LogP contribution in [-0.4, -0.2) is 99.8 Å². The number of rotatable bonds is 6. The van der Waals surface area contributed by atoms with E-state index in [4.69, 9.17) is 9.73 Å². The summed E-state index contributed by atoms with van der Waals surface area (Å²) in [6.45, 7) is 11.2. The molecule has 2 aliphatic rings. The molecule has 0 aromatic carbocycles. The van der Waals surface area contributed by atoms with Crippen LogP contribution in [0.5, 0.6) is 0 Å². The lowest BCUT2D eigenvalue weighted by Gasteiger charge is -2.32. The summed E-state index contributed by atoms with van der Waals surface area (Å²) >= 11 is 0. The van der Waals surface area contributed by atoms with Gasteiger partial charge in [0.2, 0.25) is 0 Å². The van der Waals surface area contributed by atoms with Gasteiger partial charge in [0.05, 0.1) is 13.2 Å². The number of guanidine groups is 1. The molecule has 1 unspecified atom stereocenters. The van der Waals surface area contributed by atoms with Crippen molar-refractivity contribution in [3.8, 4) is 0 Å². The number of hydrogen-bond donors (Lipinski definition) is 1. The van der Waals surface area contributed by atoms with E-state index in [-0.39, 0.29) is 24.0 Å². The fourth-order valence-corrected chi connectivity index (χ4v) is 3.17. The molecule has 0 amide bonds. The van der Waals surface area contributed by atoms with E-state index < -0.39 is 0 Å². The van der Waals surface area contributed by atoms with E-state index in [1.165, 1.54) is 6.42 Å². The Labute approximate surface area is 158 Å². The number of hydrogen-bond acceptors (Lipinski definition) is 4. The van der Waals surface area contributed by atoms with E-state index in [0.29, 0.717) is 6.04 Å². The fourth-order valence-electron chi connectivity index (χ4n) is 3.17. The SMILES string of the molecule is CCNC(=NCCCN(C)C)N1CCC(N2CCOCC2)C1.I. The van der Waals surface area contributed by atoms with Gasteiger partial charge in [-0.2, -0.15) is 0 Å². The molecule has 2 fully saturated rings. The van der Waals surface area contributed by atoms with Crippen LogP contribution in [0.4, 0.5) is 0 Å². The second-order valence-electron chi connectivity index (χ2n) is 6.43. The first-order chi connectivity index (χ1) is 10.7. The Morgan fingerprint density at radius 1 is 1.26 bits per heavy atom. The molecule has 0 saturated carbocycles. The predicted octanol–water partition coefficient (Wildman–Crippen LogP) is 0.928. The Hall–Kier alpha value is -0.120. The highest BCUT2D eigenvalue weighted by atomic mass is 127. The maximum absolute atomic E-state index is 5.46. The Morgan fingerprint density at radius 2 is 2.00 bits per heavy atom. The number of nitrogens with one attached hydrogen (secondary N) is 1. The van der Waals surface area contributed by atoms with Crippen molar-refractivity contribution in [2.75, 3.05) is 73.1 Å². The lowest BCUT2D eigenvalue weighted by atomic mass is 10.2. The summed E-state index contributed by atoms with van der Waals surface area (Å²) in [7, 11) is 4.23. The highest BCUT2D eigenvalue weighted by Crippen LogP contribution is 2.17. The highest BCUT2D eigenvalue weighted by Gasteiger charge is 2.30. The molecule has 1 N–H and O–H groups in total. The van der Waals surface area contributed by atoms with Crippen LogP contribution < -0.4 is 5.32 Å². The van der Waals surface area contributed by atoms with Crippen LogP contribution >= 0.6 is 24.0 Å². The molecule has 0 aromatic rings. The highest BCUT2D eigenvalue weighted by molar-refractivity contribution is 14.0. The Kier molecular flexibility index (Phi) is 10.4. The minimum absolute atomic E-state index is 0. The third kappa shape index (κ3) is 7.11. The molecule has 0 aromatic heterocycles. The summed E-state index contributed by atoms with van der Waals surface area (Å²) in [5.74, 6) is 1.09. The number of ether oxygens (including phenoxy) is 1. The minimum Gasteiger partial charge on any atom is -0.379 e. The first-order valence-corrected chi connectivity index (χ1v) is 8.70. The summed E-state index contributed by atoms with van der Waals surface area (Å²) in [5.41, 5.74) is 0. The summed E-state index contributed by atoms with van der Waals surface area (Å²) in [6.07, 6.45) is 2.35. The second kappa shape index (κ2) is 11.4. The van der Waals surface area contributed by atoms with Crippen molar-refractivity contribution in [3.05, 3.63) is 0 Å². The average molecular weight is 439 g/mol. The summed E-state index contributed by atoms with van der Waals surface area (Å²) in [5, 5.41) is 3.46. The standard InChI is InChI=1S/C16H33N5O.HI/c1-4-17-16(18-7-5-8-19(2)3)21-9-6-15(14-21)20-10-12-22-13-11-20;/h15H,4-14H2,1-3H3,(H,17,18);1H. The van der Waals surface area contributed by atoms with E-state index in [1.807, 2.05) is 0 Å². The van der Waals surface area contributed by atoms with E-state index in [1.54, 1.807) is 0 Å².